The van der Waals surface area contributed by atoms with Gasteiger partial charge in [-0.05, 0) is 30.3 Å². The first-order valence-electron chi connectivity index (χ1n) is 8.36. The fraction of sp³-hybridized carbons (Fsp3) is 0.294. The Morgan fingerprint density at radius 1 is 1.00 bits per heavy atom. The Bertz CT molecular complexity index is 1040. The average molecular weight is 433 g/mol. The number of piperazine rings is 1. The molecule has 0 aromatic heterocycles. The van der Waals surface area contributed by atoms with Gasteiger partial charge in [0.25, 0.3) is 5.69 Å². The lowest BCUT2D eigenvalue weighted by Gasteiger charge is -2.35. The highest BCUT2D eigenvalue weighted by molar-refractivity contribution is 7.89. The number of nitro benzene ring substituents is 1. The first-order chi connectivity index (χ1) is 13.5. The summed E-state index contributed by atoms with van der Waals surface area (Å²) in [6.07, 6.45) is -4.72. The van der Waals surface area contributed by atoms with E-state index in [1.807, 2.05) is 0 Å². The fourth-order valence-corrected chi connectivity index (χ4v) is 4.51. The Labute approximate surface area is 163 Å². The third-order valence-corrected chi connectivity index (χ3v) is 6.41. The lowest BCUT2D eigenvalue weighted by atomic mass is 10.1. The highest BCUT2D eigenvalue weighted by atomic mass is 32.2. The third-order valence-electron chi connectivity index (χ3n) is 4.51. The Morgan fingerprint density at radius 3 is 2.21 bits per heavy atom. The number of halogens is 4. The third kappa shape index (κ3) is 4.32. The van der Waals surface area contributed by atoms with E-state index in [9.17, 15) is 36.1 Å². The maximum atomic E-state index is 13.3. The summed E-state index contributed by atoms with van der Waals surface area (Å²) in [6, 6.07) is 6.75. The Balaban J connectivity index is 1.81. The molecule has 0 unspecified atom stereocenters. The van der Waals surface area contributed by atoms with Crippen LogP contribution < -0.4 is 4.90 Å². The Hall–Kier alpha value is -2.73. The molecule has 0 bridgehead atoms. The second-order valence-corrected chi connectivity index (χ2v) is 8.24. The number of nitro groups is 1. The van der Waals surface area contributed by atoms with Crippen molar-refractivity contribution in [2.75, 3.05) is 31.1 Å². The van der Waals surface area contributed by atoms with Crippen LogP contribution in [0.5, 0.6) is 0 Å². The Morgan fingerprint density at radius 2 is 1.66 bits per heavy atom. The van der Waals surface area contributed by atoms with Gasteiger partial charge in [-0.25, -0.2) is 12.8 Å². The molecule has 1 aliphatic heterocycles. The molecule has 2 aromatic carbocycles. The molecule has 1 heterocycles. The zero-order chi connectivity index (χ0) is 21.4. The van der Waals surface area contributed by atoms with E-state index in [2.05, 4.69) is 0 Å². The first kappa shape index (κ1) is 21.0. The van der Waals surface area contributed by atoms with Gasteiger partial charge in [0.2, 0.25) is 10.0 Å². The number of nitrogens with zero attached hydrogens (tertiary/aromatic N) is 3. The predicted octanol–water partition coefficient (Wildman–Crippen LogP) is 3.26. The quantitative estimate of drug-likeness (QED) is 0.420. The smallest absolute Gasteiger partial charge is 0.363 e. The van der Waals surface area contributed by atoms with E-state index in [0.29, 0.717) is 6.07 Å². The maximum absolute atomic E-state index is 13.3. The summed E-state index contributed by atoms with van der Waals surface area (Å²) >= 11 is 0. The van der Waals surface area contributed by atoms with E-state index < -0.39 is 38.2 Å². The molecule has 0 aliphatic carbocycles. The molecule has 1 aliphatic rings. The van der Waals surface area contributed by atoms with Gasteiger partial charge in [0, 0.05) is 32.2 Å². The molecule has 0 atom stereocenters. The van der Waals surface area contributed by atoms with Crippen LogP contribution >= 0.6 is 0 Å². The van der Waals surface area contributed by atoms with E-state index >= 15 is 0 Å². The van der Waals surface area contributed by atoms with Crippen LogP contribution in [0.3, 0.4) is 0 Å². The van der Waals surface area contributed by atoms with Crippen molar-refractivity contribution >= 4 is 21.4 Å². The second-order valence-electron chi connectivity index (χ2n) is 6.31. The van der Waals surface area contributed by atoms with E-state index in [1.54, 1.807) is 0 Å². The van der Waals surface area contributed by atoms with Gasteiger partial charge in [0.05, 0.1) is 15.4 Å². The number of hydrogen-bond acceptors (Lipinski definition) is 5. The van der Waals surface area contributed by atoms with Crippen LogP contribution in [0, 0.1) is 15.9 Å². The normalized spacial score (nSPS) is 16.1. The topological polar surface area (TPSA) is 83.8 Å². The van der Waals surface area contributed by atoms with Crippen molar-refractivity contribution in [2.24, 2.45) is 0 Å². The molecule has 7 nitrogen and oxygen atoms in total. The summed E-state index contributed by atoms with van der Waals surface area (Å²) in [5.41, 5.74) is -1.87. The standard InChI is InChI=1S/C17H15F4N3O4S/c18-13-2-1-3-14(11-13)29(27,28)23-8-6-22(7-9-23)15-5-4-12(17(19,20)21)10-16(15)24(25)26/h1-5,10-11H,6-9H2. The molecule has 0 amide bonds. The number of hydrogen-bond donors (Lipinski definition) is 0. The van der Waals surface area contributed by atoms with Gasteiger partial charge in [-0.15, -0.1) is 0 Å². The van der Waals surface area contributed by atoms with Crippen molar-refractivity contribution in [1.82, 2.24) is 4.31 Å². The number of sulfonamides is 1. The zero-order valence-corrected chi connectivity index (χ0v) is 15.6. The highest BCUT2D eigenvalue weighted by Crippen LogP contribution is 2.37. The highest BCUT2D eigenvalue weighted by Gasteiger charge is 2.35. The van der Waals surface area contributed by atoms with Gasteiger partial charge in [0.1, 0.15) is 11.5 Å². The maximum Gasteiger partial charge on any atom is 0.416 e. The van der Waals surface area contributed by atoms with Crippen LogP contribution in [0.1, 0.15) is 5.56 Å². The van der Waals surface area contributed by atoms with Gasteiger partial charge >= 0.3 is 6.18 Å². The number of benzene rings is 2. The molecule has 0 N–H and O–H groups in total. The van der Waals surface area contributed by atoms with E-state index in [4.69, 9.17) is 0 Å². The molecule has 1 fully saturated rings. The molecule has 3 rings (SSSR count). The summed E-state index contributed by atoms with van der Waals surface area (Å²) in [5, 5.41) is 11.3. The van der Waals surface area contributed by atoms with Crippen molar-refractivity contribution in [1.29, 1.82) is 0 Å². The summed E-state index contributed by atoms with van der Waals surface area (Å²) in [7, 11) is -3.96. The summed E-state index contributed by atoms with van der Waals surface area (Å²) < 4.78 is 78.2. The van der Waals surface area contributed by atoms with Crippen molar-refractivity contribution in [3.05, 3.63) is 64.0 Å². The van der Waals surface area contributed by atoms with Crippen LogP contribution in [0.4, 0.5) is 28.9 Å². The molecule has 0 radical (unpaired) electrons. The molecule has 12 heteroatoms. The molecule has 1 saturated heterocycles. The van der Waals surface area contributed by atoms with Gasteiger partial charge in [-0.3, -0.25) is 10.1 Å². The van der Waals surface area contributed by atoms with Crippen LogP contribution in [0.25, 0.3) is 0 Å². The van der Waals surface area contributed by atoms with Crippen molar-refractivity contribution in [2.45, 2.75) is 11.1 Å². The van der Waals surface area contributed by atoms with E-state index in [-0.39, 0.29) is 36.8 Å². The largest absolute Gasteiger partial charge is 0.416 e. The van der Waals surface area contributed by atoms with E-state index in [1.165, 1.54) is 17.0 Å². The van der Waals surface area contributed by atoms with Gasteiger partial charge in [-0.2, -0.15) is 17.5 Å². The van der Waals surface area contributed by atoms with E-state index in [0.717, 1.165) is 28.6 Å². The minimum absolute atomic E-state index is 0.0224. The van der Waals surface area contributed by atoms with Crippen molar-refractivity contribution < 1.29 is 30.9 Å². The monoisotopic (exact) mass is 433 g/mol. The van der Waals surface area contributed by atoms with Crippen LogP contribution in [0.2, 0.25) is 0 Å². The minimum Gasteiger partial charge on any atom is -0.363 e. The van der Waals surface area contributed by atoms with Gasteiger partial charge in [-0.1, -0.05) is 6.07 Å². The molecule has 29 heavy (non-hydrogen) atoms. The number of alkyl halides is 3. The fourth-order valence-electron chi connectivity index (χ4n) is 3.06. The van der Waals surface area contributed by atoms with Crippen molar-refractivity contribution in [3.8, 4) is 0 Å². The lowest BCUT2D eigenvalue weighted by Crippen LogP contribution is -2.48. The molecular formula is C17H15F4N3O4S. The molecule has 156 valence electrons. The summed E-state index contributed by atoms with van der Waals surface area (Å²) in [6.45, 7) is -0.0600. The van der Waals surface area contributed by atoms with Gasteiger partial charge in [0.15, 0.2) is 0 Å². The molecular weight excluding hydrogens is 418 g/mol. The van der Waals surface area contributed by atoms with Crippen LogP contribution in [-0.4, -0.2) is 43.8 Å². The Kier molecular flexibility index (Phi) is 5.50. The molecule has 2 aromatic rings. The van der Waals surface area contributed by atoms with Crippen LogP contribution in [-0.2, 0) is 16.2 Å². The average Bonchev–Trinajstić information content (AvgIpc) is 2.67. The minimum atomic E-state index is -4.72. The first-order valence-corrected chi connectivity index (χ1v) is 9.80. The number of rotatable bonds is 4. The van der Waals surface area contributed by atoms with Crippen LogP contribution in [0.15, 0.2) is 47.4 Å². The van der Waals surface area contributed by atoms with Gasteiger partial charge < -0.3 is 4.90 Å². The second kappa shape index (κ2) is 7.59. The zero-order valence-electron chi connectivity index (χ0n) is 14.8. The SMILES string of the molecule is O=[N+]([O-])c1cc(C(F)(F)F)ccc1N1CCN(S(=O)(=O)c2cccc(F)c2)CC1. The molecule has 0 saturated carbocycles. The summed E-state index contributed by atoms with van der Waals surface area (Å²) in [4.78, 5) is 11.6. The lowest BCUT2D eigenvalue weighted by molar-refractivity contribution is -0.384. The molecule has 0 spiro atoms. The predicted molar refractivity (Wildman–Crippen MR) is 95.5 cm³/mol. The van der Waals surface area contributed by atoms with Crippen molar-refractivity contribution in [3.63, 3.8) is 0 Å². The number of anilines is 1. The summed E-state index contributed by atoms with van der Waals surface area (Å²) in [5.74, 6) is -0.704.